The smallest absolute Gasteiger partial charge is 0.161 e. The van der Waals surface area contributed by atoms with Crippen LogP contribution < -0.4 is 5.73 Å². The van der Waals surface area contributed by atoms with Crippen LogP contribution in [0.5, 0.6) is 0 Å². The van der Waals surface area contributed by atoms with Gasteiger partial charge in [-0.25, -0.2) is 18.2 Å². The third kappa shape index (κ3) is 1.85. The monoisotopic (exact) mass is 341 g/mol. The summed E-state index contributed by atoms with van der Waals surface area (Å²) in [6.07, 6.45) is 1.64. The SMILES string of the molecule is Nc1c(-c2cc(F)c(F)cc2F)nc2c(Br)cccn12. The summed E-state index contributed by atoms with van der Waals surface area (Å²) >= 11 is 3.29. The van der Waals surface area contributed by atoms with Crippen LogP contribution in [0.4, 0.5) is 19.0 Å². The molecule has 1 aromatic carbocycles. The number of anilines is 1. The van der Waals surface area contributed by atoms with Crippen molar-refractivity contribution in [2.45, 2.75) is 0 Å². The Kier molecular flexibility index (Phi) is 2.93. The molecule has 102 valence electrons. The second-order valence-corrected chi connectivity index (χ2v) is 5.00. The molecular weight excluding hydrogens is 335 g/mol. The van der Waals surface area contributed by atoms with Crippen molar-refractivity contribution in [2.75, 3.05) is 5.73 Å². The van der Waals surface area contributed by atoms with Crippen LogP contribution >= 0.6 is 15.9 Å². The maximum Gasteiger partial charge on any atom is 0.161 e. The quantitative estimate of drug-likeness (QED) is 0.685. The first-order chi connectivity index (χ1) is 9.49. The molecule has 2 heterocycles. The average Bonchev–Trinajstić information content (AvgIpc) is 2.73. The lowest BCUT2D eigenvalue weighted by molar-refractivity contribution is 0.496. The highest BCUT2D eigenvalue weighted by molar-refractivity contribution is 9.10. The third-order valence-corrected chi connectivity index (χ3v) is 3.52. The summed E-state index contributed by atoms with van der Waals surface area (Å²) in [7, 11) is 0. The standard InChI is InChI=1S/C13H7BrF3N3/c14-7-2-1-3-20-12(18)11(19-13(7)20)6-4-9(16)10(17)5-8(6)15/h1-5H,18H2. The Morgan fingerprint density at radius 1 is 1.10 bits per heavy atom. The zero-order valence-corrected chi connectivity index (χ0v) is 11.5. The van der Waals surface area contributed by atoms with Crippen LogP contribution in [0.3, 0.4) is 0 Å². The topological polar surface area (TPSA) is 43.3 Å². The number of nitrogen functional groups attached to an aromatic ring is 1. The van der Waals surface area contributed by atoms with Gasteiger partial charge in [0.05, 0.1) is 4.47 Å². The first kappa shape index (κ1) is 13.0. The summed E-state index contributed by atoms with van der Waals surface area (Å²) in [6, 6.07) is 4.69. The highest BCUT2D eigenvalue weighted by Crippen LogP contribution is 2.31. The second-order valence-electron chi connectivity index (χ2n) is 4.14. The number of nitrogens with two attached hydrogens (primary N) is 1. The van der Waals surface area contributed by atoms with Crippen molar-refractivity contribution in [3.63, 3.8) is 0 Å². The molecule has 3 rings (SSSR count). The van der Waals surface area contributed by atoms with Gasteiger partial charge < -0.3 is 5.73 Å². The lowest BCUT2D eigenvalue weighted by Gasteiger charge is -2.02. The molecule has 0 atom stereocenters. The normalized spacial score (nSPS) is 11.2. The number of halogens is 4. The molecule has 0 amide bonds. The van der Waals surface area contributed by atoms with Gasteiger partial charge in [0, 0.05) is 17.8 Å². The van der Waals surface area contributed by atoms with E-state index in [1.165, 1.54) is 4.40 Å². The minimum absolute atomic E-state index is 0.0632. The molecular formula is C13H7BrF3N3. The van der Waals surface area contributed by atoms with E-state index in [2.05, 4.69) is 20.9 Å². The van der Waals surface area contributed by atoms with Crippen LogP contribution in [0, 0.1) is 17.5 Å². The van der Waals surface area contributed by atoms with Gasteiger partial charge in [-0.2, -0.15) is 0 Å². The predicted octanol–water partition coefficient (Wildman–Crippen LogP) is 3.76. The van der Waals surface area contributed by atoms with Crippen molar-refractivity contribution in [1.82, 2.24) is 9.38 Å². The molecule has 20 heavy (non-hydrogen) atoms. The zero-order chi connectivity index (χ0) is 14.4. The van der Waals surface area contributed by atoms with Crippen molar-refractivity contribution >= 4 is 27.4 Å². The van der Waals surface area contributed by atoms with Crippen LogP contribution in [0.25, 0.3) is 16.9 Å². The molecule has 2 N–H and O–H groups in total. The first-order valence-electron chi connectivity index (χ1n) is 5.56. The van der Waals surface area contributed by atoms with E-state index in [0.717, 1.165) is 6.07 Å². The van der Waals surface area contributed by atoms with E-state index >= 15 is 0 Å². The van der Waals surface area contributed by atoms with Crippen LogP contribution in [0.15, 0.2) is 34.9 Å². The number of pyridine rings is 1. The fraction of sp³-hybridized carbons (Fsp3) is 0. The zero-order valence-electron chi connectivity index (χ0n) is 9.87. The number of rotatable bonds is 1. The van der Waals surface area contributed by atoms with Crippen molar-refractivity contribution in [3.05, 3.63) is 52.4 Å². The highest BCUT2D eigenvalue weighted by atomic mass is 79.9. The van der Waals surface area contributed by atoms with Gasteiger partial charge in [0.1, 0.15) is 17.3 Å². The summed E-state index contributed by atoms with van der Waals surface area (Å²) in [5, 5.41) is 0. The summed E-state index contributed by atoms with van der Waals surface area (Å²) < 4.78 is 42.2. The molecule has 0 fully saturated rings. The van der Waals surface area contributed by atoms with Crippen LogP contribution in [0.1, 0.15) is 0 Å². The van der Waals surface area contributed by atoms with Crippen LogP contribution in [0.2, 0.25) is 0 Å². The number of fused-ring (bicyclic) bond motifs is 1. The van der Waals surface area contributed by atoms with Gasteiger partial charge >= 0.3 is 0 Å². The van der Waals surface area contributed by atoms with Gasteiger partial charge in [-0.1, -0.05) is 0 Å². The first-order valence-corrected chi connectivity index (χ1v) is 6.35. The molecule has 0 aliphatic rings. The Balaban J connectivity index is 2.33. The van der Waals surface area contributed by atoms with E-state index in [-0.39, 0.29) is 17.1 Å². The summed E-state index contributed by atoms with van der Waals surface area (Å²) in [5.74, 6) is -3.19. The van der Waals surface area contributed by atoms with Crippen molar-refractivity contribution in [2.24, 2.45) is 0 Å². The van der Waals surface area contributed by atoms with E-state index in [9.17, 15) is 13.2 Å². The number of imidazole rings is 1. The molecule has 2 aromatic heterocycles. The fourth-order valence-corrected chi connectivity index (χ4v) is 2.39. The second kappa shape index (κ2) is 4.52. The Morgan fingerprint density at radius 3 is 2.50 bits per heavy atom. The minimum Gasteiger partial charge on any atom is -0.383 e. The van der Waals surface area contributed by atoms with E-state index in [1.54, 1.807) is 18.3 Å². The predicted molar refractivity (Wildman–Crippen MR) is 72.6 cm³/mol. The molecule has 0 unspecified atom stereocenters. The molecule has 0 bridgehead atoms. The van der Waals surface area contributed by atoms with Crippen LogP contribution in [-0.4, -0.2) is 9.38 Å². The number of nitrogens with zero attached hydrogens (tertiary/aromatic N) is 2. The van der Waals surface area contributed by atoms with Crippen LogP contribution in [-0.2, 0) is 0 Å². The molecule has 0 aliphatic carbocycles. The van der Waals surface area contributed by atoms with Gasteiger partial charge in [-0.05, 0) is 34.1 Å². The largest absolute Gasteiger partial charge is 0.383 e. The molecule has 0 saturated heterocycles. The lowest BCUT2D eigenvalue weighted by Crippen LogP contribution is -1.96. The van der Waals surface area contributed by atoms with Gasteiger partial charge in [0.2, 0.25) is 0 Å². The molecule has 3 aromatic rings. The van der Waals surface area contributed by atoms with Crippen molar-refractivity contribution in [1.29, 1.82) is 0 Å². The molecule has 0 spiro atoms. The Hall–Kier alpha value is -2.02. The Labute approximate surface area is 120 Å². The Bertz CT molecular complexity index is 829. The summed E-state index contributed by atoms with van der Waals surface area (Å²) in [6.45, 7) is 0. The van der Waals surface area contributed by atoms with E-state index in [1.807, 2.05) is 0 Å². The lowest BCUT2D eigenvalue weighted by atomic mass is 10.1. The molecule has 0 saturated carbocycles. The fourth-order valence-electron chi connectivity index (χ4n) is 1.95. The Morgan fingerprint density at radius 2 is 1.80 bits per heavy atom. The maximum absolute atomic E-state index is 13.8. The van der Waals surface area contributed by atoms with E-state index < -0.39 is 17.5 Å². The summed E-state index contributed by atoms with van der Waals surface area (Å²) in [4.78, 5) is 4.18. The maximum atomic E-state index is 13.8. The van der Waals surface area contributed by atoms with Crippen molar-refractivity contribution in [3.8, 4) is 11.3 Å². The van der Waals surface area contributed by atoms with Gasteiger partial charge in [0.15, 0.2) is 17.3 Å². The van der Waals surface area contributed by atoms with Gasteiger partial charge in [-0.3, -0.25) is 4.40 Å². The number of aromatic nitrogens is 2. The van der Waals surface area contributed by atoms with Crippen molar-refractivity contribution < 1.29 is 13.2 Å². The average molecular weight is 342 g/mol. The molecule has 7 heteroatoms. The molecule has 0 radical (unpaired) electrons. The summed E-state index contributed by atoms with van der Waals surface area (Å²) in [5.41, 5.74) is 6.24. The number of hydrogen-bond donors (Lipinski definition) is 1. The van der Waals surface area contributed by atoms with Gasteiger partial charge in [0.25, 0.3) is 0 Å². The van der Waals surface area contributed by atoms with E-state index in [0.29, 0.717) is 16.2 Å². The van der Waals surface area contributed by atoms with Gasteiger partial charge in [-0.15, -0.1) is 0 Å². The number of benzene rings is 1. The molecule has 0 aliphatic heterocycles. The highest BCUT2D eigenvalue weighted by Gasteiger charge is 2.18. The van der Waals surface area contributed by atoms with E-state index in [4.69, 9.17) is 5.73 Å². The number of hydrogen-bond acceptors (Lipinski definition) is 2. The third-order valence-electron chi connectivity index (χ3n) is 2.90. The molecule has 3 nitrogen and oxygen atoms in total. The minimum atomic E-state index is -1.25.